The van der Waals surface area contributed by atoms with Crippen molar-refractivity contribution in [3.63, 3.8) is 0 Å². The van der Waals surface area contributed by atoms with E-state index >= 15 is 0 Å². The average Bonchev–Trinajstić information content (AvgIpc) is 2.37. The first kappa shape index (κ1) is 12.7. The van der Waals surface area contributed by atoms with Crippen LogP contribution in [0.25, 0.3) is 0 Å². The topological polar surface area (TPSA) is 91.0 Å². The second kappa shape index (κ2) is 5.70. The number of ether oxygens (including phenoxy) is 3. The normalized spacial score (nSPS) is 15.2. The molecule has 0 saturated heterocycles. The van der Waals surface area contributed by atoms with E-state index in [0.29, 0.717) is 24.7 Å². The van der Waals surface area contributed by atoms with Crippen molar-refractivity contribution >= 4 is 5.97 Å². The first-order valence-corrected chi connectivity index (χ1v) is 5.61. The minimum atomic E-state index is -1.01. The van der Waals surface area contributed by atoms with Crippen LogP contribution in [0.2, 0.25) is 0 Å². The van der Waals surface area contributed by atoms with Gasteiger partial charge in [-0.2, -0.15) is 0 Å². The summed E-state index contributed by atoms with van der Waals surface area (Å²) < 4.78 is 15.8. The van der Waals surface area contributed by atoms with Crippen LogP contribution in [-0.2, 0) is 9.53 Å². The van der Waals surface area contributed by atoms with E-state index in [1.807, 2.05) is 6.07 Å². The number of nitrogens with two attached hydrogens (primary N) is 1. The van der Waals surface area contributed by atoms with Gasteiger partial charge in [0.15, 0.2) is 11.5 Å². The molecule has 1 atom stereocenters. The molecule has 98 valence electrons. The highest BCUT2D eigenvalue weighted by atomic mass is 16.6. The Hall–Kier alpha value is -1.79. The van der Waals surface area contributed by atoms with Crippen molar-refractivity contribution < 1.29 is 24.1 Å². The molecule has 0 fully saturated rings. The summed E-state index contributed by atoms with van der Waals surface area (Å²) in [5.74, 6) is 0.348. The number of hydrogen-bond acceptors (Lipinski definition) is 5. The Bertz CT molecular complexity index is 434. The van der Waals surface area contributed by atoms with Crippen LogP contribution in [0.3, 0.4) is 0 Å². The predicted molar refractivity (Wildman–Crippen MR) is 62.8 cm³/mol. The Kier molecular flexibility index (Phi) is 4.01. The molecule has 0 radical (unpaired) electrons. The maximum atomic E-state index is 10.3. The van der Waals surface area contributed by atoms with Gasteiger partial charge in [-0.05, 0) is 17.7 Å². The Morgan fingerprint density at radius 1 is 1.39 bits per heavy atom. The quantitative estimate of drug-likeness (QED) is 0.796. The van der Waals surface area contributed by atoms with Crippen LogP contribution < -0.4 is 15.2 Å². The zero-order valence-electron chi connectivity index (χ0n) is 9.80. The summed E-state index contributed by atoms with van der Waals surface area (Å²) in [5, 5.41) is 8.45. The van der Waals surface area contributed by atoms with Gasteiger partial charge in [-0.15, -0.1) is 0 Å². The van der Waals surface area contributed by atoms with E-state index in [2.05, 4.69) is 0 Å². The highest BCUT2D eigenvalue weighted by Gasteiger charge is 2.15. The Morgan fingerprint density at radius 3 is 2.83 bits per heavy atom. The lowest BCUT2D eigenvalue weighted by molar-refractivity contribution is -0.142. The highest BCUT2D eigenvalue weighted by Crippen LogP contribution is 2.32. The first-order chi connectivity index (χ1) is 8.66. The van der Waals surface area contributed by atoms with Gasteiger partial charge in [0, 0.05) is 0 Å². The number of carboxylic acids is 1. The molecule has 2 rings (SSSR count). The molecule has 18 heavy (non-hydrogen) atoms. The van der Waals surface area contributed by atoms with Gasteiger partial charge in [-0.3, -0.25) is 0 Å². The second-order valence-corrected chi connectivity index (χ2v) is 3.92. The van der Waals surface area contributed by atoms with E-state index in [1.165, 1.54) is 0 Å². The first-order valence-electron chi connectivity index (χ1n) is 5.61. The predicted octanol–water partition coefficient (Wildman–Crippen LogP) is 0.559. The van der Waals surface area contributed by atoms with Gasteiger partial charge in [0.25, 0.3) is 0 Å². The van der Waals surface area contributed by atoms with Crippen LogP contribution >= 0.6 is 0 Å². The summed E-state index contributed by atoms with van der Waals surface area (Å²) >= 11 is 0. The molecule has 0 bridgehead atoms. The molecule has 1 heterocycles. The number of hydrogen-bond donors (Lipinski definition) is 2. The van der Waals surface area contributed by atoms with Crippen LogP contribution in [0.1, 0.15) is 11.6 Å². The fourth-order valence-electron chi connectivity index (χ4n) is 1.66. The molecule has 0 aliphatic carbocycles. The smallest absolute Gasteiger partial charge is 0.329 e. The van der Waals surface area contributed by atoms with Gasteiger partial charge in [0.1, 0.15) is 19.8 Å². The van der Waals surface area contributed by atoms with Crippen molar-refractivity contribution in [1.82, 2.24) is 0 Å². The summed E-state index contributed by atoms with van der Waals surface area (Å²) in [4.78, 5) is 10.3. The van der Waals surface area contributed by atoms with Gasteiger partial charge in [0.05, 0.1) is 12.6 Å². The Balaban J connectivity index is 1.97. The van der Waals surface area contributed by atoms with Crippen molar-refractivity contribution in [3.05, 3.63) is 23.8 Å². The zero-order valence-corrected chi connectivity index (χ0v) is 9.80. The third kappa shape index (κ3) is 3.12. The minimum Gasteiger partial charge on any atom is -0.486 e. The summed E-state index contributed by atoms with van der Waals surface area (Å²) in [7, 11) is 0. The molecule has 6 heteroatoms. The number of fused-ring (bicyclic) bond motifs is 1. The molecule has 1 unspecified atom stereocenters. The lowest BCUT2D eigenvalue weighted by Gasteiger charge is -2.20. The molecule has 0 aromatic heterocycles. The van der Waals surface area contributed by atoms with Crippen LogP contribution in [0.15, 0.2) is 18.2 Å². The maximum absolute atomic E-state index is 10.3. The lowest BCUT2D eigenvalue weighted by atomic mass is 10.1. The third-order valence-electron chi connectivity index (χ3n) is 2.52. The summed E-state index contributed by atoms with van der Waals surface area (Å²) in [6.45, 7) is 0.853. The highest BCUT2D eigenvalue weighted by molar-refractivity contribution is 5.68. The summed E-state index contributed by atoms with van der Waals surface area (Å²) in [6.07, 6.45) is 0. The number of carbonyl (C=O) groups is 1. The second-order valence-electron chi connectivity index (χ2n) is 3.92. The number of carboxylic acid groups (broad SMARTS) is 1. The fraction of sp³-hybridized carbons (Fsp3) is 0.417. The van der Waals surface area contributed by atoms with Gasteiger partial charge < -0.3 is 25.1 Å². The van der Waals surface area contributed by atoms with Crippen LogP contribution in [0, 0.1) is 0 Å². The zero-order chi connectivity index (χ0) is 13.0. The fourth-order valence-corrected chi connectivity index (χ4v) is 1.66. The van der Waals surface area contributed by atoms with Gasteiger partial charge in [-0.1, -0.05) is 6.07 Å². The van der Waals surface area contributed by atoms with Crippen molar-refractivity contribution in [2.75, 3.05) is 26.4 Å². The standard InChI is InChI=1S/C12H15NO5/c13-9(6-16-7-12(14)15)8-1-2-10-11(5-8)18-4-3-17-10/h1-2,5,9H,3-4,6-7,13H2,(H,14,15). The molecule has 1 aromatic rings. The van der Waals surface area contributed by atoms with Crippen molar-refractivity contribution in [2.24, 2.45) is 5.73 Å². The number of benzene rings is 1. The molecular weight excluding hydrogens is 238 g/mol. The van der Waals surface area contributed by atoms with E-state index in [0.717, 1.165) is 5.56 Å². The molecule has 0 saturated carbocycles. The van der Waals surface area contributed by atoms with E-state index in [1.54, 1.807) is 12.1 Å². The monoisotopic (exact) mass is 253 g/mol. The molecule has 3 N–H and O–H groups in total. The minimum absolute atomic E-state index is 0.145. The molecule has 1 aliphatic rings. The Labute approximate surface area is 104 Å². The summed E-state index contributed by atoms with van der Waals surface area (Å²) in [5.41, 5.74) is 6.72. The largest absolute Gasteiger partial charge is 0.486 e. The van der Waals surface area contributed by atoms with Crippen molar-refractivity contribution in [3.8, 4) is 11.5 Å². The van der Waals surface area contributed by atoms with Gasteiger partial charge >= 0.3 is 5.97 Å². The lowest BCUT2D eigenvalue weighted by Crippen LogP contribution is -2.20. The number of rotatable bonds is 5. The van der Waals surface area contributed by atoms with E-state index in [-0.39, 0.29) is 19.3 Å². The van der Waals surface area contributed by atoms with Crippen LogP contribution in [0.5, 0.6) is 11.5 Å². The van der Waals surface area contributed by atoms with Gasteiger partial charge in [-0.25, -0.2) is 4.79 Å². The molecule has 1 aromatic carbocycles. The summed E-state index contributed by atoms with van der Waals surface area (Å²) in [6, 6.07) is 5.02. The Morgan fingerprint density at radius 2 is 2.11 bits per heavy atom. The SMILES string of the molecule is NC(COCC(=O)O)c1ccc2c(c1)OCCO2. The van der Waals surface area contributed by atoms with Crippen LogP contribution in [0.4, 0.5) is 0 Å². The molecule has 0 amide bonds. The average molecular weight is 253 g/mol. The van der Waals surface area contributed by atoms with Crippen LogP contribution in [-0.4, -0.2) is 37.5 Å². The molecular formula is C12H15NO5. The molecule has 0 spiro atoms. The number of aliphatic carboxylic acids is 1. The van der Waals surface area contributed by atoms with E-state index in [9.17, 15) is 4.79 Å². The van der Waals surface area contributed by atoms with Crippen molar-refractivity contribution in [1.29, 1.82) is 0 Å². The van der Waals surface area contributed by atoms with Crippen molar-refractivity contribution in [2.45, 2.75) is 6.04 Å². The van der Waals surface area contributed by atoms with Gasteiger partial charge in [0.2, 0.25) is 0 Å². The molecule has 6 nitrogen and oxygen atoms in total. The van der Waals surface area contributed by atoms with E-state index < -0.39 is 5.97 Å². The molecule has 1 aliphatic heterocycles. The third-order valence-corrected chi connectivity index (χ3v) is 2.52. The maximum Gasteiger partial charge on any atom is 0.329 e. The van der Waals surface area contributed by atoms with E-state index in [4.69, 9.17) is 25.1 Å².